The van der Waals surface area contributed by atoms with E-state index in [2.05, 4.69) is 16.9 Å². The van der Waals surface area contributed by atoms with Crippen molar-refractivity contribution in [2.75, 3.05) is 19.8 Å². The molecule has 0 amide bonds. The summed E-state index contributed by atoms with van der Waals surface area (Å²) in [7, 11) is 0. The number of ether oxygens (including phenoxy) is 1. The fourth-order valence-corrected chi connectivity index (χ4v) is 2.97. The van der Waals surface area contributed by atoms with E-state index in [1.165, 1.54) is 17.0 Å². The normalized spacial score (nSPS) is 21.5. The first-order valence-corrected chi connectivity index (χ1v) is 6.77. The van der Waals surface area contributed by atoms with E-state index in [1.54, 1.807) is 0 Å². The molecule has 0 spiro atoms. The topological polar surface area (TPSA) is 39.1 Å². The van der Waals surface area contributed by atoms with Crippen LogP contribution in [0.25, 0.3) is 0 Å². The molecule has 4 heteroatoms. The van der Waals surface area contributed by atoms with E-state index in [-0.39, 0.29) is 0 Å². The molecule has 17 heavy (non-hydrogen) atoms. The zero-order valence-corrected chi connectivity index (χ0v) is 10.5. The minimum absolute atomic E-state index is 0.553. The number of hydrogen-bond donors (Lipinski definition) is 1. The summed E-state index contributed by atoms with van der Waals surface area (Å²) in [5, 5.41) is 8.32. The molecule has 0 aliphatic carbocycles. The summed E-state index contributed by atoms with van der Waals surface area (Å²) in [6, 6.07) is 0.553. The highest BCUT2D eigenvalue weighted by Gasteiger charge is 2.25. The van der Waals surface area contributed by atoms with E-state index in [1.807, 2.05) is 0 Å². The van der Waals surface area contributed by atoms with E-state index >= 15 is 0 Å². The van der Waals surface area contributed by atoms with Crippen LogP contribution in [0.4, 0.5) is 0 Å². The highest BCUT2D eigenvalue weighted by Crippen LogP contribution is 2.27. The number of nitrogens with zero attached hydrogens (tertiary/aromatic N) is 2. The van der Waals surface area contributed by atoms with Crippen LogP contribution >= 0.6 is 0 Å². The van der Waals surface area contributed by atoms with E-state index in [9.17, 15) is 0 Å². The Labute approximate surface area is 102 Å². The standard InChI is InChI=1S/C13H21N3O/c1-2-12-11-3-6-14-9-13(11)16(15-12)10-4-7-17-8-5-10/h10,14H,2-9H2,1H3. The maximum absolute atomic E-state index is 5.44. The van der Waals surface area contributed by atoms with Crippen molar-refractivity contribution in [3.63, 3.8) is 0 Å². The lowest BCUT2D eigenvalue weighted by atomic mass is 10.0. The Bertz CT molecular complexity index is 394. The largest absolute Gasteiger partial charge is 0.381 e. The van der Waals surface area contributed by atoms with E-state index in [0.29, 0.717) is 6.04 Å². The van der Waals surface area contributed by atoms with Gasteiger partial charge < -0.3 is 10.1 Å². The van der Waals surface area contributed by atoms with Crippen LogP contribution in [-0.2, 0) is 24.1 Å². The first-order chi connectivity index (χ1) is 8.40. The van der Waals surface area contributed by atoms with Crippen molar-refractivity contribution in [3.8, 4) is 0 Å². The maximum Gasteiger partial charge on any atom is 0.0657 e. The Balaban J connectivity index is 1.95. The molecule has 4 nitrogen and oxygen atoms in total. The summed E-state index contributed by atoms with van der Waals surface area (Å²) in [5.41, 5.74) is 4.26. The van der Waals surface area contributed by atoms with Gasteiger partial charge in [-0.05, 0) is 37.8 Å². The van der Waals surface area contributed by atoms with Crippen molar-refractivity contribution in [2.24, 2.45) is 0 Å². The molecule has 1 N–H and O–H groups in total. The maximum atomic E-state index is 5.44. The molecule has 1 aromatic heterocycles. The quantitative estimate of drug-likeness (QED) is 0.843. The number of aryl methyl sites for hydroxylation is 1. The summed E-state index contributed by atoms with van der Waals surface area (Å²) in [4.78, 5) is 0. The molecule has 94 valence electrons. The number of aromatic nitrogens is 2. The number of fused-ring (bicyclic) bond motifs is 1. The van der Waals surface area contributed by atoms with E-state index < -0.39 is 0 Å². The molecule has 0 bridgehead atoms. The smallest absolute Gasteiger partial charge is 0.0657 e. The van der Waals surface area contributed by atoms with Crippen LogP contribution in [0.1, 0.15) is 42.8 Å². The van der Waals surface area contributed by atoms with Gasteiger partial charge in [0.1, 0.15) is 0 Å². The summed E-state index contributed by atoms with van der Waals surface area (Å²) < 4.78 is 7.74. The second-order valence-corrected chi connectivity index (χ2v) is 4.94. The third-order valence-corrected chi connectivity index (χ3v) is 3.92. The van der Waals surface area contributed by atoms with Crippen LogP contribution in [0.2, 0.25) is 0 Å². The van der Waals surface area contributed by atoms with Crippen molar-refractivity contribution in [1.82, 2.24) is 15.1 Å². The predicted molar refractivity (Wildman–Crippen MR) is 66.1 cm³/mol. The summed E-state index contributed by atoms with van der Waals surface area (Å²) in [6.07, 6.45) is 4.41. The van der Waals surface area contributed by atoms with E-state index in [0.717, 1.165) is 52.0 Å². The van der Waals surface area contributed by atoms with Crippen LogP contribution in [0.15, 0.2) is 0 Å². The SMILES string of the molecule is CCc1nn(C2CCOCC2)c2c1CCNC2. The molecule has 0 aromatic carbocycles. The van der Waals surface area contributed by atoms with Crippen molar-refractivity contribution < 1.29 is 4.74 Å². The molecule has 0 radical (unpaired) electrons. The van der Waals surface area contributed by atoms with Crippen LogP contribution in [0.5, 0.6) is 0 Å². The molecule has 3 heterocycles. The monoisotopic (exact) mass is 235 g/mol. The first-order valence-electron chi connectivity index (χ1n) is 6.77. The Morgan fingerprint density at radius 1 is 1.41 bits per heavy atom. The van der Waals surface area contributed by atoms with Crippen molar-refractivity contribution >= 4 is 0 Å². The van der Waals surface area contributed by atoms with Crippen LogP contribution in [0, 0.1) is 0 Å². The molecule has 0 unspecified atom stereocenters. The van der Waals surface area contributed by atoms with Gasteiger partial charge in [-0.15, -0.1) is 0 Å². The third kappa shape index (κ3) is 2.00. The number of rotatable bonds is 2. The minimum atomic E-state index is 0.553. The zero-order chi connectivity index (χ0) is 11.7. The highest BCUT2D eigenvalue weighted by molar-refractivity contribution is 5.29. The van der Waals surface area contributed by atoms with Gasteiger partial charge in [0.05, 0.1) is 17.4 Å². The Morgan fingerprint density at radius 2 is 2.24 bits per heavy atom. The first kappa shape index (κ1) is 11.2. The fraction of sp³-hybridized carbons (Fsp3) is 0.769. The van der Waals surface area contributed by atoms with Gasteiger partial charge in [-0.2, -0.15) is 5.10 Å². The second-order valence-electron chi connectivity index (χ2n) is 4.94. The molecule has 0 atom stereocenters. The Kier molecular flexibility index (Phi) is 3.16. The van der Waals surface area contributed by atoms with Gasteiger partial charge in [-0.3, -0.25) is 4.68 Å². The van der Waals surface area contributed by atoms with Gasteiger partial charge in [0.25, 0.3) is 0 Å². The average Bonchev–Trinajstić information content (AvgIpc) is 2.78. The van der Waals surface area contributed by atoms with Crippen molar-refractivity contribution in [2.45, 2.75) is 45.2 Å². The molecule has 0 saturated carbocycles. The predicted octanol–water partition coefficient (Wildman–Crippen LogP) is 1.44. The van der Waals surface area contributed by atoms with Gasteiger partial charge in [-0.1, -0.05) is 6.92 Å². The minimum Gasteiger partial charge on any atom is -0.381 e. The average molecular weight is 235 g/mol. The summed E-state index contributed by atoms with van der Waals surface area (Å²) in [6.45, 7) is 6.06. The van der Waals surface area contributed by atoms with E-state index in [4.69, 9.17) is 9.84 Å². The molecule has 1 saturated heterocycles. The lowest BCUT2D eigenvalue weighted by Gasteiger charge is -2.25. The summed E-state index contributed by atoms with van der Waals surface area (Å²) in [5.74, 6) is 0. The van der Waals surface area contributed by atoms with Gasteiger partial charge >= 0.3 is 0 Å². The highest BCUT2D eigenvalue weighted by atomic mass is 16.5. The lowest BCUT2D eigenvalue weighted by Crippen LogP contribution is -2.28. The van der Waals surface area contributed by atoms with Crippen molar-refractivity contribution in [3.05, 3.63) is 17.0 Å². The van der Waals surface area contributed by atoms with Gasteiger partial charge in [0, 0.05) is 19.8 Å². The Morgan fingerprint density at radius 3 is 3.00 bits per heavy atom. The molecular formula is C13H21N3O. The molecule has 1 fully saturated rings. The molecule has 3 rings (SSSR count). The van der Waals surface area contributed by atoms with Crippen LogP contribution in [0.3, 0.4) is 0 Å². The Hall–Kier alpha value is -0.870. The van der Waals surface area contributed by atoms with Gasteiger partial charge in [0.15, 0.2) is 0 Å². The molecule has 2 aliphatic heterocycles. The molecular weight excluding hydrogens is 214 g/mol. The van der Waals surface area contributed by atoms with Gasteiger partial charge in [0.2, 0.25) is 0 Å². The van der Waals surface area contributed by atoms with Gasteiger partial charge in [-0.25, -0.2) is 0 Å². The second kappa shape index (κ2) is 4.78. The molecule has 2 aliphatic rings. The zero-order valence-electron chi connectivity index (χ0n) is 10.5. The third-order valence-electron chi connectivity index (χ3n) is 3.92. The lowest BCUT2D eigenvalue weighted by molar-refractivity contribution is 0.0651. The van der Waals surface area contributed by atoms with Crippen molar-refractivity contribution in [1.29, 1.82) is 0 Å². The van der Waals surface area contributed by atoms with Crippen LogP contribution in [-0.4, -0.2) is 29.5 Å². The molecule has 1 aromatic rings. The van der Waals surface area contributed by atoms with Crippen LogP contribution < -0.4 is 5.32 Å². The number of hydrogen-bond acceptors (Lipinski definition) is 3. The fourth-order valence-electron chi connectivity index (χ4n) is 2.97. The number of nitrogens with one attached hydrogen (secondary N) is 1. The summed E-state index contributed by atoms with van der Waals surface area (Å²) >= 11 is 0.